The van der Waals surface area contributed by atoms with Gasteiger partial charge in [0.15, 0.2) is 23.1 Å². The molecule has 12 heteroatoms. The lowest BCUT2D eigenvalue weighted by molar-refractivity contribution is -0.140. The van der Waals surface area contributed by atoms with Gasteiger partial charge in [0, 0.05) is 84.8 Å². The van der Waals surface area contributed by atoms with Crippen molar-refractivity contribution >= 4 is 35.1 Å². The quantitative estimate of drug-likeness (QED) is 0.0173. The van der Waals surface area contributed by atoms with Crippen LogP contribution in [0.5, 0.6) is 23.0 Å². The Bertz CT molecular complexity index is 2540. The Labute approximate surface area is 475 Å². The zero-order chi connectivity index (χ0) is 58.1. The van der Waals surface area contributed by atoms with E-state index in [1.165, 1.54) is 0 Å². The zero-order valence-electron chi connectivity index (χ0n) is 48.8. The second kappa shape index (κ2) is 33.1. The van der Waals surface area contributed by atoms with Crippen LogP contribution in [0.25, 0.3) is 0 Å². The molecule has 0 fully saturated rings. The van der Waals surface area contributed by atoms with Crippen molar-refractivity contribution in [1.82, 2.24) is 0 Å². The van der Waals surface area contributed by atoms with Gasteiger partial charge in [0.05, 0.1) is 0 Å². The highest BCUT2D eigenvalue weighted by Crippen LogP contribution is 2.41. The number of hydrogen-bond acceptors (Lipinski definition) is 12. The molecule has 0 radical (unpaired) electrons. The fraction of sp³-hybridized carbons (Fsp3) is 0.500. The summed E-state index contributed by atoms with van der Waals surface area (Å²) in [4.78, 5) is 82.6. The van der Waals surface area contributed by atoms with Gasteiger partial charge in [0.2, 0.25) is 0 Å². The number of esters is 2. The lowest BCUT2D eigenvalue weighted by Crippen LogP contribution is -2.15. The first-order valence-corrected chi connectivity index (χ1v) is 29.5. The molecule has 0 unspecified atom stereocenters. The van der Waals surface area contributed by atoms with Crippen molar-refractivity contribution in [1.29, 1.82) is 0 Å². The maximum atomic E-state index is 14.4. The van der Waals surface area contributed by atoms with Crippen molar-refractivity contribution < 1.29 is 57.9 Å². The average Bonchev–Trinajstić information content (AvgIpc) is 3.43. The predicted octanol–water partition coefficient (Wildman–Crippen LogP) is 15.4. The third kappa shape index (κ3) is 19.2. The van der Waals surface area contributed by atoms with Crippen molar-refractivity contribution in [3.05, 3.63) is 140 Å². The van der Waals surface area contributed by atoms with E-state index in [4.69, 9.17) is 18.9 Å². The van der Waals surface area contributed by atoms with E-state index in [2.05, 4.69) is 40.9 Å². The second-order valence-electron chi connectivity index (χ2n) is 21.7. The monoisotopic (exact) mass is 1100 g/mol. The SMILES string of the molecule is C=C(C)C(=O)OCCOc1c2cc(C(=O)CCCCCC)cc1Cc1cc(C(=O)CCCCCC)cc(c1O)Cc1cc(C(=O)CCCCCC)cc(c1OCCOC(=O)C(=C)C)Cc1cc(C(=O)CCCCCC)cc(c1O)C2. The largest absolute Gasteiger partial charge is 0.507 e. The number of hydrogen-bond donors (Lipinski definition) is 2. The molecule has 0 atom stereocenters. The second-order valence-corrected chi connectivity index (χ2v) is 21.7. The van der Waals surface area contributed by atoms with Gasteiger partial charge >= 0.3 is 11.9 Å². The molecule has 1 aliphatic carbocycles. The Hall–Kier alpha value is -6.82. The van der Waals surface area contributed by atoms with Crippen LogP contribution in [0, 0.1) is 0 Å². The van der Waals surface area contributed by atoms with Crippen LogP contribution in [0.4, 0.5) is 0 Å². The lowest BCUT2D eigenvalue weighted by Gasteiger charge is -2.23. The minimum atomic E-state index is -0.588. The van der Waals surface area contributed by atoms with Gasteiger partial charge in [-0.05, 0) is 133 Å². The van der Waals surface area contributed by atoms with Crippen molar-refractivity contribution in [3.8, 4) is 23.0 Å². The smallest absolute Gasteiger partial charge is 0.333 e. The summed E-state index contributed by atoms with van der Waals surface area (Å²) in [5.41, 5.74) is 5.51. The van der Waals surface area contributed by atoms with Crippen molar-refractivity contribution in [2.24, 2.45) is 0 Å². The summed E-state index contributed by atoms with van der Waals surface area (Å²) in [6.07, 6.45) is 15.2. The predicted molar refractivity (Wildman–Crippen MR) is 315 cm³/mol. The number of rotatable bonds is 34. The lowest BCUT2D eigenvalue weighted by atomic mass is 9.86. The third-order valence-electron chi connectivity index (χ3n) is 14.7. The average molecular weight is 1100 g/mol. The summed E-state index contributed by atoms with van der Waals surface area (Å²) < 4.78 is 24.2. The van der Waals surface area contributed by atoms with Crippen LogP contribution in [-0.2, 0) is 44.7 Å². The van der Waals surface area contributed by atoms with Gasteiger partial charge in [-0.25, -0.2) is 9.59 Å². The van der Waals surface area contributed by atoms with Gasteiger partial charge < -0.3 is 29.2 Å². The summed E-state index contributed by atoms with van der Waals surface area (Å²) >= 11 is 0. The maximum Gasteiger partial charge on any atom is 0.333 e. The van der Waals surface area contributed by atoms with E-state index < -0.39 is 11.9 Å². The van der Waals surface area contributed by atoms with Crippen LogP contribution in [0.15, 0.2) is 72.8 Å². The molecule has 1 aliphatic rings. The molecule has 0 saturated heterocycles. The standard InChI is InChI=1S/C68H88O12/c1-9-13-17-21-25-59(69)47-33-51-41-55-37-49(61(71)27-23-19-15-11-3)39-57(65(55)77-29-31-79-67(75)45(5)6)43-53-35-48(60(70)26-22-18-14-10-2)36-54(64(53)74)44-58-40-50(62(72)28-24-20-16-12-4)38-56(42-52(34-47)63(51)73)66(58)78-30-32-80-68(76)46(7)8/h33-40,73-74H,5,7,9-32,41-44H2,1-4,6,8H3. The number of carbonyl (C=O) groups is 6. The van der Waals surface area contributed by atoms with Crippen LogP contribution < -0.4 is 9.47 Å². The Balaban J connectivity index is 1.87. The van der Waals surface area contributed by atoms with Gasteiger partial charge in [-0.3, -0.25) is 19.2 Å². The fourth-order valence-electron chi connectivity index (χ4n) is 10.2. The van der Waals surface area contributed by atoms with Gasteiger partial charge in [0.25, 0.3) is 0 Å². The van der Waals surface area contributed by atoms with E-state index in [0.29, 0.717) is 104 Å². The van der Waals surface area contributed by atoms with Gasteiger partial charge in [-0.1, -0.05) is 118 Å². The molecule has 5 rings (SSSR count). The van der Waals surface area contributed by atoms with Crippen LogP contribution >= 0.6 is 0 Å². The normalized spacial score (nSPS) is 11.9. The highest BCUT2D eigenvalue weighted by atomic mass is 16.6. The zero-order valence-corrected chi connectivity index (χ0v) is 48.8. The summed E-state index contributed by atoms with van der Waals surface area (Å²) in [7, 11) is 0. The number of ketones is 4. The molecule has 12 nitrogen and oxygen atoms in total. The first-order valence-electron chi connectivity index (χ1n) is 29.5. The summed E-state index contributed by atoms with van der Waals surface area (Å²) in [5.74, 6) is -1.15. The molecule has 0 aromatic heterocycles. The third-order valence-corrected chi connectivity index (χ3v) is 14.7. The molecule has 0 spiro atoms. The molecule has 0 amide bonds. The molecule has 0 saturated carbocycles. The number of Topliss-reactive ketones (excluding diaryl/α,β-unsaturated/α-hetero) is 4. The van der Waals surface area contributed by atoms with Crippen molar-refractivity contribution in [2.45, 2.75) is 196 Å². The number of unbranched alkanes of at least 4 members (excludes halogenated alkanes) is 12. The van der Waals surface area contributed by atoms with E-state index in [0.717, 1.165) is 77.0 Å². The molecule has 8 bridgehead atoms. The molecule has 4 aromatic carbocycles. The minimum absolute atomic E-state index is 0.0207. The van der Waals surface area contributed by atoms with Crippen molar-refractivity contribution in [2.75, 3.05) is 26.4 Å². The minimum Gasteiger partial charge on any atom is -0.507 e. The number of ether oxygens (including phenoxy) is 4. The molecule has 2 N–H and O–H groups in total. The molecular weight excluding hydrogens is 1010 g/mol. The topological polar surface area (TPSA) is 180 Å². The number of carbonyl (C=O) groups excluding carboxylic acids is 6. The Morgan fingerprint density at radius 2 is 0.613 bits per heavy atom. The summed E-state index contributed by atoms with van der Waals surface area (Å²) in [6.45, 7) is 18.5. The summed E-state index contributed by atoms with van der Waals surface area (Å²) in [5, 5.41) is 25.4. The number of phenols is 2. The molecule has 432 valence electrons. The van der Waals surface area contributed by atoms with Crippen LogP contribution in [0.3, 0.4) is 0 Å². The van der Waals surface area contributed by atoms with Gasteiger partial charge in [-0.2, -0.15) is 0 Å². The van der Waals surface area contributed by atoms with E-state index >= 15 is 0 Å². The van der Waals surface area contributed by atoms with Crippen LogP contribution in [0.1, 0.15) is 256 Å². The molecule has 0 heterocycles. The number of aromatic hydroxyl groups is 2. The first-order chi connectivity index (χ1) is 38.5. The molecular formula is C68H88O12. The van der Waals surface area contributed by atoms with Gasteiger partial charge in [0.1, 0.15) is 49.4 Å². The van der Waals surface area contributed by atoms with E-state index in [1.807, 2.05) is 0 Å². The van der Waals surface area contributed by atoms with Crippen molar-refractivity contribution in [3.63, 3.8) is 0 Å². The number of benzene rings is 4. The Kier molecular flexibility index (Phi) is 26.4. The Morgan fingerprint density at radius 3 is 0.838 bits per heavy atom. The maximum absolute atomic E-state index is 14.4. The van der Waals surface area contributed by atoms with Crippen LogP contribution in [-0.4, -0.2) is 71.7 Å². The summed E-state index contributed by atoms with van der Waals surface area (Å²) in [6, 6.07) is 13.8. The number of fused-ring (bicyclic) bond motifs is 8. The Morgan fingerprint density at radius 1 is 0.375 bits per heavy atom. The van der Waals surface area contributed by atoms with Crippen LogP contribution in [0.2, 0.25) is 0 Å². The van der Waals surface area contributed by atoms with E-state index in [9.17, 15) is 39.0 Å². The highest BCUT2D eigenvalue weighted by molar-refractivity contribution is 5.99. The molecule has 0 aliphatic heterocycles. The highest BCUT2D eigenvalue weighted by Gasteiger charge is 2.27. The first kappa shape index (κ1) is 64.0. The van der Waals surface area contributed by atoms with E-state index in [-0.39, 0.29) is 124 Å². The number of phenolic OH excluding ortho intramolecular Hbond substituents is 2. The molecule has 80 heavy (non-hydrogen) atoms. The fourth-order valence-corrected chi connectivity index (χ4v) is 10.2. The van der Waals surface area contributed by atoms with E-state index in [1.54, 1.807) is 62.4 Å². The molecule has 4 aromatic rings. The van der Waals surface area contributed by atoms with Gasteiger partial charge in [-0.15, -0.1) is 0 Å².